The van der Waals surface area contributed by atoms with Gasteiger partial charge in [0.05, 0.1) is 13.7 Å². The lowest BCUT2D eigenvalue weighted by molar-refractivity contribution is 0.0602. The second-order valence-electron chi connectivity index (χ2n) is 3.58. The van der Waals surface area contributed by atoms with Crippen LogP contribution in [0, 0.1) is 0 Å². The molecule has 3 N–H and O–H groups in total. The third-order valence-corrected chi connectivity index (χ3v) is 3.38. The topological polar surface area (TPSA) is 72.5 Å². The molecule has 1 aromatic rings. The summed E-state index contributed by atoms with van der Waals surface area (Å²) in [7, 11) is 1.34. The van der Waals surface area contributed by atoms with Crippen LogP contribution in [0.15, 0.2) is 11.4 Å². The van der Waals surface area contributed by atoms with E-state index in [1.165, 1.54) is 18.4 Å². The van der Waals surface area contributed by atoms with Gasteiger partial charge >= 0.3 is 5.97 Å². The number of nitrogens with two attached hydrogens (primary N) is 1. The van der Waals surface area contributed by atoms with Crippen LogP contribution in [-0.4, -0.2) is 31.3 Å². The van der Waals surface area contributed by atoms with E-state index in [1.807, 2.05) is 6.92 Å². The third kappa shape index (κ3) is 2.19. The molecule has 4 nitrogen and oxygen atoms in total. The van der Waals surface area contributed by atoms with Crippen molar-refractivity contribution in [2.75, 3.05) is 20.3 Å². The van der Waals surface area contributed by atoms with Gasteiger partial charge in [-0.3, -0.25) is 0 Å². The fourth-order valence-corrected chi connectivity index (χ4v) is 2.26. The maximum atomic E-state index is 11.4. The molecule has 5 heteroatoms. The van der Waals surface area contributed by atoms with Crippen LogP contribution in [0.4, 0.5) is 0 Å². The normalized spacial score (nSPS) is 14.7. The van der Waals surface area contributed by atoms with Gasteiger partial charge in [-0.1, -0.05) is 6.92 Å². The first kappa shape index (κ1) is 12.2. The van der Waals surface area contributed by atoms with Crippen molar-refractivity contribution in [3.8, 4) is 0 Å². The molecule has 0 aliphatic rings. The second-order valence-corrected chi connectivity index (χ2v) is 4.49. The highest BCUT2D eigenvalue weighted by atomic mass is 32.1. The van der Waals surface area contributed by atoms with Gasteiger partial charge < -0.3 is 15.6 Å². The molecule has 1 aromatic heterocycles. The van der Waals surface area contributed by atoms with Crippen LogP contribution in [-0.2, 0) is 10.2 Å². The maximum Gasteiger partial charge on any atom is 0.348 e. The van der Waals surface area contributed by atoms with E-state index in [0.29, 0.717) is 4.88 Å². The number of aliphatic hydroxyl groups is 1. The first-order valence-electron chi connectivity index (χ1n) is 4.56. The highest BCUT2D eigenvalue weighted by Gasteiger charge is 2.30. The van der Waals surface area contributed by atoms with E-state index in [4.69, 9.17) is 5.73 Å². The first-order chi connectivity index (χ1) is 7.09. The van der Waals surface area contributed by atoms with Gasteiger partial charge in [-0.05, 0) is 17.0 Å². The second kappa shape index (κ2) is 4.74. The summed E-state index contributed by atoms with van der Waals surface area (Å²) < 4.78 is 4.67. The number of methoxy groups -OCH3 is 1. The van der Waals surface area contributed by atoms with Gasteiger partial charge in [0.25, 0.3) is 0 Å². The molecule has 1 heterocycles. The van der Waals surface area contributed by atoms with Crippen LogP contribution in [0.5, 0.6) is 0 Å². The molecule has 1 rings (SSSR count). The highest BCUT2D eigenvalue weighted by molar-refractivity contribution is 7.12. The quantitative estimate of drug-likeness (QED) is 0.747. The lowest BCUT2D eigenvalue weighted by atomic mass is 9.83. The Balaban J connectivity index is 3.14. The number of thiophene rings is 1. The van der Waals surface area contributed by atoms with Gasteiger partial charge in [-0.15, -0.1) is 11.3 Å². The van der Waals surface area contributed by atoms with Gasteiger partial charge in [-0.25, -0.2) is 4.79 Å². The Morgan fingerprint density at radius 2 is 2.40 bits per heavy atom. The summed E-state index contributed by atoms with van der Waals surface area (Å²) in [4.78, 5) is 12.0. The van der Waals surface area contributed by atoms with Crippen molar-refractivity contribution in [3.05, 3.63) is 21.9 Å². The monoisotopic (exact) mass is 229 g/mol. The predicted molar refractivity (Wildman–Crippen MR) is 59.2 cm³/mol. The highest BCUT2D eigenvalue weighted by Crippen LogP contribution is 2.29. The fourth-order valence-electron chi connectivity index (χ4n) is 1.29. The van der Waals surface area contributed by atoms with E-state index in [0.717, 1.165) is 5.56 Å². The van der Waals surface area contributed by atoms with Crippen molar-refractivity contribution in [2.45, 2.75) is 12.3 Å². The zero-order valence-electron chi connectivity index (χ0n) is 8.82. The van der Waals surface area contributed by atoms with Crippen molar-refractivity contribution in [3.63, 3.8) is 0 Å². The molecule has 0 saturated heterocycles. The molecule has 0 radical (unpaired) electrons. The molecule has 1 unspecified atom stereocenters. The van der Waals surface area contributed by atoms with Crippen LogP contribution < -0.4 is 5.73 Å². The minimum Gasteiger partial charge on any atom is -0.465 e. The molecule has 15 heavy (non-hydrogen) atoms. The molecular weight excluding hydrogens is 214 g/mol. The maximum absolute atomic E-state index is 11.4. The lowest BCUT2D eigenvalue weighted by Gasteiger charge is -2.25. The summed E-state index contributed by atoms with van der Waals surface area (Å²) in [6.07, 6.45) is 0. The molecule has 0 aromatic carbocycles. The molecular formula is C10H15NO3S. The first-order valence-corrected chi connectivity index (χ1v) is 5.44. The van der Waals surface area contributed by atoms with E-state index < -0.39 is 5.41 Å². The zero-order valence-corrected chi connectivity index (χ0v) is 9.63. The summed E-state index contributed by atoms with van der Waals surface area (Å²) in [6.45, 7) is 2.01. The molecule has 0 amide bonds. The molecule has 0 fully saturated rings. The van der Waals surface area contributed by atoms with E-state index >= 15 is 0 Å². The average molecular weight is 229 g/mol. The van der Waals surface area contributed by atoms with Gasteiger partial charge in [-0.2, -0.15) is 0 Å². The van der Waals surface area contributed by atoms with E-state index in [-0.39, 0.29) is 19.1 Å². The number of aliphatic hydroxyl groups excluding tert-OH is 1. The SMILES string of the molecule is COC(=O)c1sccc1C(C)(CN)CO. The van der Waals surface area contributed by atoms with E-state index in [1.54, 1.807) is 11.4 Å². The Labute approximate surface area is 92.7 Å². The summed E-state index contributed by atoms with van der Waals surface area (Å²) in [6, 6.07) is 1.81. The molecule has 84 valence electrons. The van der Waals surface area contributed by atoms with Crippen molar-refractivity contribution in [1.82, 2.24) is 0 Å². The summed E-state index contributed by atoms with van der Waals surface area (Å²) in [5.74, 6) is -0.381. The van der Waals surface area contributed by atoms with Crippen LogP contribution in [0.3, 0.4) is 0 Å². The number of ether oxygens (including phenoxy) is 1. The van der Waals surface area contributed by atoms with Gasteiger partial charge in [0.1, 0.15) is 4.88 Å². The number of hydrogen-bond donors (Lipinski definition) is 2. The van der Waals surface area contributed by atoms with Gasteiger partial charge in [0, 0.05) is 12.0 Å². The Hall–Kier alpha value is -0.910. The van der Waals surface area contributed by atoms with Crippen molar-refractivity contribution in [1.29, 1.82) is 0 Å². The van der Waals surface area contributed by atoms with Crippen LogP contribution in [0.25, 0.3) is 0 Å². The Morgan fingerprint density at radius 1 is 1.73 bits per heavy atom. The molecule has 1 atom stereocenters. The summed E-state index contributed by atoms with van der Waals surface area (Å²) >= 11 is 1.30. The smallest absolute Gasteiger partial charge is 0.348 e. The minimum absolute atomic E-state index is 0.0930. The number of rotatable bonds is 4. The Morgan fingerprint density at radius 3 is 2.87 bits per heavy atom. The van der Waals surface area contributed by atoms with Crippen molar-refractivity contribution in [2.24, 2.45) is 5.73 Å². The number of hydrogen-bond acceptors (Lipinski definition) is 5. The average Bonchev–Trinajstić information content (AvgIpc) is 2.76. The molecule has 0 aliphatic heterocycles. The van der Waals surface area contributed by atoms with Crippen LogP contribution in [0.2, 0.25) is 0 Å². The fraction of sp³-hybridized carbons (Fsp3) is 0.500. The molecule has 0 bridgehead atoms. The lowest BCUT2D eigenvalue weighted by Crippen LogP contribution is -2.36. The number of esters is 1. The van der Waals surface area contributed by atoms with Crippen molar-refractivity contribution < 1.29 is 14.6 Å². The summed E-state index contributed by atoms with van der Waals surface area (Å²) in [5.41, 5.74) is 5.79. The van der Waals surface area contributed by atoms with Gasteiger partial charge in [0.15, 0.2) is 0 Å². The minimum atomic E-state index is -0.580. The van der Waals surface area contributed by atoms with Crippen LogP contribution in [0.1, 0.15) is 22.2 Å². The summed E-state index contributed by atoms with van der Waals surface area (Å²) in [5, 5.41) is 11.1. The Kier molecular flexibility index (Phi) is 3.84. The predicted octanol–water partition coefficient (Wildman–Crippen LogP) is 0.743. The molecule has 0 spiro atoms. The van der Waals surface area contributed by atoms with Crippen molar-refractivity contribution >= 4 is 17.3 Å². The molecule has 0 aliphatic carbocycles. The van der Waals surface area contributed by atoms with Gasteiger partial charge in [0.2, 0.25) is 0 Å². The van der Waals surface area contributed by atoms with E-state index in [2.05, 4.69) is 4.74 Å². The van der Waals surface area contributed by atoms with E-state index in [9.17, 15) is 9.90 Å². The molecule has 0 saturated carbocycles. The Bertz CT molecular complexity index is 344. The standard InChI is InChI=1S/C10H15NO3S/c1-10(5-11,6-12)7-3-4-15-8(7)9(13)14-2/h3-4,12H,5-6,11H2,1-2H3. The largest absolute Gasteiger partial charge is 0.465 e. The zero-order chi connectivity index (χ0) is 11.5. The number of carbonyl (C=O) groups excluding carboxylic acids is 1. The number of carbonyl (C=O) groups is 1. The van der Waals surface area contributed by atoms with Crippen LogP contribution >= 0.6 is 11.3 Å². The third-order valence-electron chi connectivity index (χ3n) is 2.49.